The predicted octanol–water partition coefficient (Wildman–Crippen LogP) is 0.860. The van der Waals surface area contributed by atoms with Crippen LogP contribution in [0.4, 0.5) is 0 Å². The minimum absolute atomic E-state index is 0.0362. The number of amides is 2. The Morgan fingerprint density at radius 2 is 1.90 bits per heavy atom. The summed E-state index contributed by atoms with van der Waals surface area (Å²) in [6.07, 6.45) is 1.61. The molecule has 2 amide bonds. The quantitative estimate of drug-likeness (QED) is 0.492. The smallest absolute Gasteiger partial charge is 0.326 e. The minimum atomic E-state index is -1.06. The molecule has 0 rings (SSSR count). The van der Waals surface area contributed by atoms with Crippen molar-refractivity contribution in [3.63, 3.8) is 0 Å². The molecule has 0 aromatic carbocycles. The second kappa shape index (κ2) is 10.5. The Morgan fingerprint density at radius 3 is 2.40 bits per heavy atom. The fourth-order valence-corrected chi connectivity index (χ4v) is 2.39. The molecule has 0 saturated heterocycles. The van der Waals surface area contributed by atoms with Gasteiger partial charge in [0.15, 0.2) is 0 Å². The first-order valence-corrected chi connectivity index (χ1v) is 7.75. The molecule has 6 nitrogen and oxygen atoms in total. The Kier molecular flexibility index (Phi) is 9.88. The number of carbonyl (C=O) groups excluding carboxylic acids is 2. The van der Waals surface area contributed by atoms with Gasteiger partial charge in [-0.1, -0.05) is 13.8 Å². The van der Waals surface area contributed by atoms with Crippen molar-refractivity contribution in [1.29, 1.82) is 0 Å². The van der Waals surface area contributed by atoms with Crippen LogP contribution in [0.2, 0.25) is 0 Å². The van der Waals surface area contributed by atoms with Gasteiger partial charge in [-0.25, -0.2) is 4.79 Å². The summed E-state index contributed by atoms with van der Waals surface area (Å²) in [5.41, 5.74) is 0. The summed E-state index contributed by atoms with van der Waals surface area (Å²) in [5.74, 6) is -0.0575. The molecular formula is C13H24N2O4S. The number of hydrogen-bond acceptors (Lipinski definition) is 4. The standard InChI is InChI=1S/C13H24N2O4S/c1-9(2)4-6-14-12(17)10(3)20-7-5-11(13(18)19)15-8-16/h8-11H,4-7H2,1-3H3,(H,14,17)(H,15,16)(H,18,19). The van der Waals surface area contributed by atoms with Crippen molar-refractivity contribution in [2.75, 3.05) is 12.3 Å². The van der Waals surface area contributed by atoms with Gasteiger partial charge in [-0.15, -0.1) is 11.8 Å². The Hall–Kier alpha value is -1.24. The van der Waals surface area contributed by atoms with E-state index in [-0.39, 0.29) is 11.2 Å². The SMILES string of the molecule is CC(C)CCNC(=O)C(C)SCCC(NC=O)C(=O)O. The van der Waals surface area contributed by atoms with Gasteiger partial charge in [-0.2, -0.15) is 0 Å². The summed E-state index contributed by atoms with van der Waals surface area (Å²) < 4.78 is 0. The topological polar surface area (TPSA) is 95.5 Å². The van der Waals surface area contributed by atoms with Crippen molar-refractivity contribution in [2.24, 2.45) is 5.92 Å². The molecule has 2 unspecified atom stereocenters. The van der Waals surface area contributed by atoms with E-state index in [1.54, 1.807) is 6.92 Å². The van der Waals surface area contributed by atoms with Gasteiger partial charge in [0.05, 0.1) is 5.25 Å². The van der Waals surface area contributed by atoms with Gasteiger partial charge in [0.25, 0.3) is 0 Å². The minimum Gasteiger partial charge on any atom is -0.480 e. The fraction of sp³-hybridized carbons (Fsp3) is 0.769. The highest BCUT2D eigenvalue weighted by Gasteiger charge is 2.18. The second-order valence-electron chi connectivity index (χ2n) is 4.95. The van der Waals surface area contributed by atoms with Crippen molar-refractivity contribution in [2.45, 2.75) is 44.9 Å². The first-order chi connectivity index (χ1) is 9.38. The van der Waals surface area contributed by atoms with Crippen LogP contribution < -0.4 is 10.6 Å². The number of rotatable bonds is 11. The number of carboxylic acids is 1. The largest absolute Gasteiger partial charge is 0.480 e. The van der Waals surface area contributed by atoms with E-state index in [1.807, 2.05) is 0 Å². The summed E-state index contributed by atoms with van der Waals surface area (Å²) in [6.45, 7) is 6.64. The molecular weight excluding hydrogens is 280 g/mol. The molecule has 0 aromatic heterocycles. The summed E-state index contributed by atoms with van der Waals surface area (Å²) in [5, 5.41) is 13.7. The van der Waals surface area contributed by atoms with Crippen molar-refractivity contribution < 1.29 is 19.5 Å². The Morgan fingerprint density at radius 1 is 1.25 bits per heavy atom. The normalized spacial score (nSPS) is 13.6. The van der Waals surface area contributed by atoms with Crippen LogP contribution in [-0.4, -0.2) is 47.0 Å². The first-order valence-electron chi connectivity index (χ1n) is 6.70. The number of carbonyl (C=O) groups is 3. The highest BCUT2D eigenvalue weighted by Crippen LogP contribution is 2.13. The Labute approximate surface area is 124 Å². The van der Waals surface area contributed by atoms with Crippen molar-refractivity contribution in [3.05, 3.63) is 0 Å². The van der Waals surface area contributed by atoms with Gasteiger partial charge in [-0.05, 0) is 31.4 Å². The fourth-order valence-electron chi connectivity index (χ4n) is 1.43. The van der Waals surface area contributed by atoms with Crippen LogP contribution in [0.1, 0.15) is 33.6 Å². The summed E-state index contributed by atoms with van der Waals surface area (Å²) >= 11 is 1.38. The van der Waals surface area contributed by atoms with Crippen molar-refractivity contribution in [1.82, 2.24) is 10.6 Å². The molecule has 0 heterocycles. The average Bonchev–Trinajstić information content (AvgIpc) is 2.36. The van der Waals surface area contributed by atoms with Crippen LogP contribution in [0.5, 0.6) is 0 Å². The lowest BCUT2D eigenvalue weighted by atomic mass is 10.1. The maximum Gasteiger partial charge on any atom is 0.326 e. The van der Waals surface area contributed by atoms with Gasteiger partial charge in [-0.3, -0.25) is 9.59 Å². The summed E-state index contributed by atoms with van der Waals surface area (Å²) in [6, 6.07) is -0.892. The van der Waals surface area contributed by atoms with Crippen LogP contribution in [-0.2, 0) is 14.4 Å². The number of hydrogen-bond donors (Lipinski definition) is 3. The number of aliphatic carboxylic acids is 1. The van der Waals surface area contributed by atoms with Crippen LogP contribution in [0.25, 0.3) is 0 Å². The van der Waals surface area contributed by atoms with E-state index in [0.717, 1.165) is 6.42 Å². The lowest BCUT2D eigenvalue weighted by molar-refractivity contribution is -0.140. The Balaban J connectivity index is 3.90. The third kappa shape index (κ3) is 8.79. The molecule has 0 aliphatic carbocycles. The first kappa shape index (κ1) is 18.8. The molecule has 0 aliphatic heterocycles. The molecule has 7 heteroatoms. The van der Waals surface area contributed by atoms with Crippen LogP contribution >= 0.6 is 11.8 Å². The maximum absolute atomic E-state index is 11.7. The maximum atomic E-state index is 11.7. The van der Waals surface area contributed by atoms with Crippen molar-refractivity contribution >= 4 is 30.0 Å². The van der Waals surface area contributed by atoms with Gasteiger partial charge in [0.1, 0.15) is 6.04 Å². The van der Waals surface area contributed by atoms with Crippen LogP contribution in [0.15, 0.2) is 0 Å². The predicted molar refractivity (Wildman–Crippen MR) is 79.6 cm³/mol. The van der Waals surface area contributed by atoms with E-state index in [1.165, 1.54) is 11.8 Å². The molecule has 3 N–H and O–H groups in total. The molecule has 0 bridgehead atoms. The number of carboxylic acid groups (broad SMARTS) is 1. The third-order valence-electron chi connectivity index (χ3n) is 2.73. The molecule has 0 aliphatic rings. The zero-order valence-corrected chi connectivity index (χ0v) is 13.0. The van der Waals surface area contributed by atoms with Gasteiger partial charge in [0, 0.05) is 6.54 Å². The third-order valence-corrected chi connectivity index (χ3v) is 3.92. The highest BCUT2D eigenvalue weighted by atomic mass is 32.2. The van der Waals surface area contributed by atoms with E-state index in [0.29, 0.717) is 31.0 Å². The molecule has 2 atom stereocenters. The van der Waals surface area contributed by atoms with Crippen LogP contribution in [0.3, 0.4) is 0 Å². The summed E-state index contributed by atoms with van der Waals surface area (Å²) in [7, 11) is 0. The van der Waals surface area contributed by atoms with E-state index in [9.17, 15) is 14.4 Å². The molecule has 0 fully saturated rings. The molecule has 0 radical (unpaired) electrons. The number of nitrogens with one attached hydrogen (secondary N) is 2. The van der Waals surface area contributed by atoms with Gasteiger partial charge < -0.3 is 15.7 Å². The average molecular weight is 304 g/mol. The molecule has 0 aromatic rings. The lowest BCUT2D eigenvalue weighted by Crippen LogP contribution is -2.37. The van der Waals surface area contributed by atoms with E-state index < -0.39 is 12.0 Å². The highest BCUT2D eigenvalue weighted by molar-refractivity contribution is 8.00. The van der Waals surface area contributed by atoms with Crippen molar-refractivity contribution in [3.8, 4) is 0 Å². The van der Waals surface area contributed by atoms with Gasteiger partial charge in [0.2, 0.25) is 12.3 Å². The van der Waals surface area contributed by atoms with Gasteiger partial charge >= 0.3 is 5.97 Å². The van der Waals surface area contributed by atoms with Crippen LogP contribution in [0, 0.1) is 5.92 Å². The van der Waals surface area contributed by atoms with E-state index in [2.05, 4.69) is 24.5 Å². The van der Waals surface area contributed by atoms with E-state index >= 15 is 0 Å². The lowest BCUT2D eigenvalue weighted by Gasteiger charge is -2.14. The molecule has 20 heavy (non-hydrogen) atoms. The molecule has 0 saturated carbocycles. The second-order valence-corrected chi connectivity index (χ2v) is 6.40. The Bertz CT molecular complexity index is 323. The zero-order chi connectivity index (χ0) is 15.5. The zero-order valence-electron chi connectivity index (χ0n) is 12.2. The van der Waals surface area contributed by atoms with E-state index in [4.69, 9.17) is 5.11 Å². The monoisotopic (exact) mass is 304 g/mol. The number of thioether (sulfide) groups is 1. The molecule has 116 valence electrons. The molecule has 0 spiro atoms. The summed E-state index contributed by atoms with van der Waals surface area (Å²) in [4.78, 5) is 32.8.